The number of rotatable bonds is 4. The normalized spacial score (nSPS) is 32.7. The second kappa shape index (κ2) is 8.68. The van der Waals surface area contributed by atoms with Gasteiger partial charge in [-0.05, 0) is 31.6 Å². The Morgan fingerprint density at radius 3 is 2.64 bits per heavy atom. The lowest BCUT2D eigenvalue weighted by molar-refractivity contribution is 0.0195. The first-order chi connectivity index (χ1) is 10.3. The quantitative estimate of drug-likeness (QED) is 0.425. The van der Waals surface area contributed by atoms with Crippen molar-refractivity contribution in [2.75, 3.05) is 52.5 Å². The van der Waals surface area contributed by atoms with Gasteiger partial charge in [0.15, 0.2) is 5.96 Å². The number of morpholine rings is 1. The lowest BCUT2D eigenvalue weighted by atomic mass is 10.2. The van der Waals surface area contributed by atoms with Gasteiger partial charge < -0.3 is 15.0 Å². The first-order valence-electron chi connectivity index (χ1n) is 8.63. The molecule has 3 unspecified atom stereocenters. The standard InChI is InChI=1S/C16H30N4O.HI/c1-3-17-16(18-11-14-10-13(14)2)20-5-4-15(12-20)19-6-8-21-9-7-19;/h13-15H,3-12H2,1-2H3,(H,17,18);1H. The van der Waals surface area contributed by atoms with E-state index in [2.05, 4.69) is 29.0 Å². The van der Waals surface area contributed by atoms with Crippen molar-refractivity contribution >= 4 is 29.9 Å². The van der Waals surface area contributed by atoms with Gasteiger partial charge in [-0.1, -0.05) is 6.92 Å². The Bertz CT molecular complexity index is 373. The largest absolute Gasteiger partial charge is 0.379 e. The molecule has 22 heavy (non-hydrogen) atoms. The van der Waals surface area contributed by atoms with E-state index in [9.17, 15) is 0 Å². The third-order valence-electron chi connectivity index (χ3n) is 5.11. The van der Waals surface area contributed by atoms with E-state index in [0.29, 0.717) is 6.04 Å². The molecule has 0 aromatic carbocycles. The van der Waals surface area contributed by atoms with E-state index in [4.69, 9.17) is 9.73 Å². The minimum Gasteiger partial charge on any atom is -0.379 e. The molecule has 3 aliphatic rings. The molecule has 3 fully saturated rings. The maximum absolute atomic E-state index is 5.46. The van der Waals surface area contributed by atoms with Gasteiger partial charge in [-0.15, -0.1) is 24.0 Å². The van der Waals surface area contributed by atoms with E-state index >= 15 is 0 Å². The lowest BCUT2D eigenvalue weighted by Crippen LogP contribution is -2.46. The van der Waals surface area contributed by atoms with E-state index in [1.54, 1.807) is 0 Å². The van der Waals surface area contributed by atoms with Crippen molar-refractivity contribution in [3.8, 4) is 0 Å². The fourth-order valence-electron chi connectivity index (χ4n) is 3.46. The lowest BCUT2D eigenvalue weighted by Gasteiger charge is -2.32. The Morgan fingerprint density at radius 2 is 2.00 bits per heavy atom. The van der Waals surface area contributed by atoms with Crippen molar-refractivity contribution in [2.24, 2.45) is 16.8 Å². The van der Waals surface area contributed by atoms with Gasteiger partial charge in [-0.3, -0.25) is 9.89 Å². The van der Waals surface area contributed by atoms with Gasteiger partial charge in [0, 0.05) is 45.3 Å². The van der Waals surface area contributed by atoms with Crippen molar-refractivity contribution in [1.82, 2.24) is 15.1 Å². The number of hydrogen-bond donors (Lipinski definition) is 1. The molecule has 1 saturated carbocycles. The van der Waals surface area contributed by atoms with Crippen molar-refractivity contribution in [1.29, 1.82) is 0 Å². The molecule has 5 nitrogen and oxygen atoms in total. The molecule has 128 valence electrons. The molecule has 2 aliphatic heterocycles. The fraction of sp³-hybridized carbons (Fsp3) is 0.938. The smallest absolute Gasteiger partial charge is 0.193 e. The van der Waals surface area contributed by atoms with Crippen molar-refractivity contribution in [2.45, 2.75) is 32.7 Å². The summed E-state index contributed by atoms with van der Waals surface area (Å²) in [5.74, 6) is 2.85. The Balaban J connectivity index is 0.00000176. The molecule has 1 aliphatic carbocycles. The van der Waals surface area contributed by atoms with Crippen molar-refractivity contribution < 1.29 is 4.74 Å². The molecule has 3 atom stereocenters. The summed E-state index contributed by atoms with van der Waals surface area (Å²) in [6.07, 6.45) is 2.61. The molecule has 6 heteroatoms. The van der Waals surface area contributed by atoms with Gasteiger partial charge in [0.2, 0.25) is 0 Å². The summed E-state index contributed by atoms with van der Waals surface area (Å²) in [4.78, 5) is 9.92. The van der Waals surface area contributed by atoms with E-state index in [1.165, 1.54) is 12.8 Å². The summed E-state index contributed by atoms with van der Waals surface area (Å²) in [6, 6.07) is 0.678. The number of nitrogens with zero attached hydrogens (tertiary/aromatic N) is 3. The molecule has 3 rings (SSSR count). The van der Waals surface area contributed by atoms with E-state index in [-0.39, 0.29) is 24.0 Å². The van der Waals surface area contributed by atoms with Crippen LogP contribution in [0.25, 0.3) is 0 Å². The Hall–Kier alpha value is -0.0800. The Kier molecular flexibility index (Phi) is 7.21. The second-order valence-electron chi connectivity index (χ2n) is 6.70. The zero-order chi connectivity index (χ0) is 14.7. The number of aliphatic imine (C=N–C) groups is 1. The van der Waals surface area contributed by atoms with E-state index in [1.807, 2.05) is 0 Å². The van der Waals surface area contributed by atoms with Crippen LogP contribution in [0.3, 0.4) is 0 Å². The average Bonchev–Trinajstić information content (AvgIpc) is 3.02. The van der Waals surface area contributed by atoms with E-state index in [0.717, 1.165) is 70.3 Å². The third-order valence-corrected chi connectivity index (χ3v) is 5.11. The number of nitrogens with one attached hydrogen (secondary N) is 1. The van der Waals surface area contributed by atoms with Crippen LogP contribution in [-0.4, -0.2) is 74.3 Å². The van der Waals surface area contributed by atoms with Crippen LogP contribution in [0.4, 0.5) is 0 Å². The first-order valence-corrected chi connectivity index (χ1v) is 8.63. The summed E-state index contributed by atoms with van der Waals surface area (Å²) in [6.45, 7) is 12.7. The van der Waals surface area contributed by atoms with Crippen molar-refractivity contribution in [3.05, 3.63) is 0 Å². The van der Waals surface area contributed by atoms with Crippen LogP contribution < -0.4 is 5.32 Å². The zero-order valence-corrected chi connectivity index (χ0v) is 16.3. The number of ether oxygens (including phenoxy) is 1. The summed E-state index contributed by atoms with van der Waals surface area (Å²) >= 11 is 0. The zero-order valence-electron chi connectivity index (χ0n) is 14.0. The predicted octanol–water partition coefficient (Wildman–Crippen LogP) is 1.63. The van der Waals surface area contributed by atoms with Crippen LogP contribution >= 0.6 is 24.0 Å². The molecule has 0 amide bonds. The molecular weight excluding hydrogens is 391 g/mol. The van der Waals surface area contributed by atoms with E-state index < -0.39 is 0 Å². The number of guanidine groups is 1. The highest BCUT2D eigenvalue weighted by molar-refractivity contribution is 14.0. The topological polar surface area (TPSA) is 40.1 Å². The van der Waals surface area contributed by atoms with Crippen LogP contribution in [-0.2, 0) is 4.74 Å². The average molecular weight is 422 g/mol. The second-order valence-corrected chi connectivity index (χ2v) is 6.70. The van der Waals surface area contributed by atoms with Crippen LogP contribution in [0.5, 0.6) is 0 Å². The van der Waals surface area contributed by atoms with Crippen LogP contribution in [0.2, 0.25) is 0 Å². The van der Waals surface area contributed by atoms with Gasteiger partial charge in [0.25, 0.3) is 0 Å². The van der Waals surface area contributed by atoms with Gasteiger partial charge in [0.05, 0.1) is 13.2 Å². The predicted molar refractivity (Wildman–Crippen MR) is 101 cm³/mol. The SMILES string of the molecule is CCNC(=NCC1CC1C)N1CCC(N2CCOCC2)C1.I. The highest BCUT2D eigenvalue weighted by Crippen LogP contribution is 2.37. The molecule has 0 spiro atoms. The maximum atomic E-state index is 5.46. The maximum Gasteiger partial charge on any atom is 0.193 e. The van der Waals surface area contributed by atoms with Gasteiger partial charge in [0.1, 0.15) is 0 Å². The molecular formula is C16H31IN4O. The first kappa shape index (κ1) is 18.3. The highest BCUT2D eigenvalue weighted by atomic mass is 127. The molecule has 0 bridgehead atoms. The molecule has 1 N–H and O–H groups in total. The monoisotopic (exact) mass is 422 g/mol. The summed E-state index contributed by atoms with van der Waals surface area (Å²) in [7, 11) is 0. The summed E-state index contributed by atoms with van der Waals surface area (Å²) < 4.78 is 5.46. The number of hydrogen-bond acceptors (Lipinski definition) is 3. The van der Waals surface area contributed by atoms with Crippen LogP contribution in [0.1, 0.15) is 26.7 Å². The molecule has 0 radical (unpaired) electrons. The minimum absolute atomic E-state index is 0. The van der Waals surface area contributed by atoms with Gasteiger partial charge in [-0.25, -0.2) is 0 Å². The van der Waals surface area contributed by atoms with Crippen LogP contribution in [0.15, 0.2) is 4.99 Å². The molecule has 0 aromatic heterocycles. The molecule has 2 heterocycles. The van der Waals surface area contributed by atoms with Gasteiger partial charge >= 0.3 is 0 Å². The Morgan fingerprint density at radius 1 is 1.27 bits per heavy atom. The minimum atomic E-state index is 0. The highest BCUT2D eigenvalue weighted by Gasteiger charge is 2.33. The van der Waals surface area contributed by atoms with Gasteiger partial charge in [-0.2, -0.15) is 0 Å². The van der Waals surface area contributed by atoms with Crippen molar-refractivity contribution in [3.63, 3.8) is 0 Å². The van der Waals surface area contributed by atoms with Crippen LogP contribution in [0, 0.1) is 11.8 Å². The summed E-state index contributed by atoms with van der Waals surface area (Å²) in [5.41, 5.74) is 0. The Labute approximate surface area is 151 Å². The molecule has 2 saturated heterocycles. The fourth-order valence-corrected chi connectivity index (χ4v) is 3.46. The number of likely N-dealkylation sites (tertiary alicyclic amines) is 1. The number of halogens is 1. The summed E-state index contributed by atoms with van der Waals surface area (Å²) in [5, 5.41) is 3.48. The molecule has 0 aromatic rings. The third kappa shape index (κ3) is 4.71.